The van der Waals surface area contributed by atoms with Crippen molar-refractivity contribution >= 4 is 10.0 Å². The molecule has 2 N–H and O–H groups in total. The lowest BCUT2D eigenvalue weighted by Crippen LogP contribution is -2.38. The Balaban J connectivity index is 3.14. The number of rotatable bonds is 4. The maximum Gasteiger partial charge on any atom is 0.241 e. The van der Waals surface area contributed by atoms with Crippen LogP contribution in [0, 0.1) is 20.8 Å². The highest BCUT2D eigenvalue weighted by molar-refractivity contribution is 7.89. The molecule has 0 aromatic heterocycles. The largest absolute Gasteiger partial charge is 0.389 e. The molecule has 0 bridgehead atoms. The van der Waals surface area contributed by atoms with Gasteiger partial charge in [0, 0.05) is 6.54 Å². The maximum absolute atomic E-state index is 12.2. The quantitative estimate of drug-likeness (QED) is 0.875. The predicted octanol–water partition coefficient (Wildman–Crippen LogP) is 1.66. The van der Waals surface area contributed by atoms with Gasteiger partial charge in [-0.15, -0.1) is 0 Å². The zero-order chi connectivity index (χ0) is 14.1. The molecule has 0 aliphatic heterocycles. The van der Waals surface area contributed by atoms with E-state index < -0.39 is 15.6 Å². The number of hydrogen-bond acceptors (Lipinski definition) is 3. The van der Waals surface area contributed by atoms with Gasteiger partial charge in [-0.1, -0.05) is 17.7 Å². The van der Waals surface area contributed by atoms with Crippen molar-refractivity contribution in [3.63, 3.8) is 0 Å². The molecular formula is C13H21NO3S. The predicted molar refractivity (Wildman–Crippen MR) is 72.1 cm³/mol. The van der Waals surface area contributed by atoms with Crippen molar-refractivity contribution in [1.82, 2.24) is 4.72 Å². The highest BCUT2D eigenvalue weighted by atomic mass is 32.2. The van der Waals surface area contributed by atoms with Crippen LogP contribution in [0.5, 0.6) is 0 Å². The van der Waals surface area contributed by atoms with Crippen LogP contribution in [0.1, 0.15) is 30.5 Å². The third-order valence-electron chi connectivity index (χ3n) is 2.57. The molecule has 0 atom stereocenters. The van der Waals surface area contributed by atoms with Crippen LogP contribution in [0.4, 0.5) is 0 Å². The minimum Gasteiger partial charge on any atom is -0.389 e. The highest BCUT2D eigenvalue weighted by Crippen LogP contribution is 2.21. The smallest absolute Gasteiger partial charge is 0.241 e. The molecule has 102 valence electrons. The second-order valence-electron chi connectivity index (χ2n) is 5.36. The molecule has 4 nitrogen and oxygen atoms in total. The normalized spacial score (nSPS) is 12.8. The summed E-state index contributed by atoms with van der Waals surface area (Å²) < 4.78 is 26.9. The van der Waals surface area contributed by atoms with E-state index in [9.17, 15) is 13.5 Å². The molecule has 18 heavy (non-hydrogen) atoms. The molecule has 0 saturated carbocycles. The van der Waals surface area contributed by atoms with Crippen LogP contribution in [0.15, 0.2) is 17.0 Å². The lowest BCUT2D eigenvalue weighted by atomic mass is 10.1. The van der Waals surface area contributed by atoms with Gasteiger partial charge in [0.25, 0.3) is 0 Å². The fourth-order valence-corrected chi connectivity index (χ4v) is 3.59. The van der Waals surface area contributed by atoms with Gasteiger partial charge in [0.15, 0.2) is 0 Å². The molecule has 0 aliphatic carbocycles. The van der Waals surface area contributed by atoms with Gasteiger partial charge in [0.2, 0.25) is 10.0 Å². The zero-order valence-electron chi connectivity index (χ0n) is 11.5. The Labute approximate surface area is 109 Å². The summed E-state index contributed by atoms with van der Waals surface area (Å²) in [6.07, 6.45) is 0. The number of nitrogens with one attached hydrogen (secondary N) is 1. The lowest BCUT2D eigenvalue weighted by molar-refractivity contribution is 0.0857. The summed E-state index contributed by atoms with van der Waals surface area (Å²) in [4.78, 5) is 0.303. The van der Waals surface area contributed by atoms with E-state index in [-0.39, 0.29) is 6.54 Å². The van der Waals surface area contributed by atoms with Crippen molar-refractivity contribution in [3.05, 3.63) is 28.8 Å². The Kier molecular flexibility index (Phi) is 4.20. The summed E-state index contributed by atoms with van der Waals surface area (Å²) in [5.74, 6) is 0. The second-order valence-corrected chi connectivity index (χ2v) is 7.07. The summed E-state index contributed by atoms with van der Waals surface area (Å²) in [5.41, 5.74) is 1.40. The fourth-order valence-electron chi connectivity index (χ4n) is 1.93. The zero-order valence-corrected chi connectivity index (χ0v) is 12.4. The van der Waals surface area contributed by atoms with Gasteiger partial charge in [0.05, 0.1) is 10.5 Å². The van der Waals surface area contributed by atoms with E-state index >= 15 is 0 Å². The molecule has 1 aromatic rings. The number of hydrogen-bond donors (Lipinski definition) is 2. The molecule has 5 heteroatoms. The average Bonchev–Trinajstić information content (AvgIpc) is 2.11. The monoisotopic (exact) mass is 271 g/mol. The third-order valence-corrected chi connectivity index (χ3v) is 4.27. The van der Waals surface area contributed by atoms with E-state index in [2.05, 4.69) is 4.72 Å². The van der Waals surface area contributed by atoms with Gasteiger partial charge < -0.3 is 5.11 Å². The Hall–Kier alpha value is -0.910. The van der Waals surface area contributed by atoms with E-state index in [0.29, 0.717) is 4.90 Å². The summed E-state index contributed by atoms with van der Waals surface area (Å²) in [7, 11) is -3.58. The molecule has 1 aromatic carbocycles. The molecule has 0 fully saturated rings. The molecule has 0 aliphatic rings. The van der Waals surface area contributed by atoms with Crippen LogP contribution < -0.4 is 4.72 Å². The second kappa shape index (κ2) is 4.99. The van der Waals surface area contributed by atoms with E-state index in [1.807, 2.05) is 19.1 Å². The Morgan fingerprint density at radius 1 is 1.17 bits per heavy atom. The highest BCUT2D eigenvalue weighted by Gasteiger charge is 2.22. The number of sulfonamides is 1. The molecule has 0 amide bonds. The number of aliphatic hydroxyl groups is 1. The molecule has 0 heterocycles. The van der Waals surface area contributed by atoms with Crippen LogP contribution in [-0.4, -0.2) is 25.7 Å². The van der Waals surface area contributed by atoms with E-state index in [1.54, 1.807) is 27.7 Å². The van der Waals surface area contributed by atoms with Crippen LogP contribution in [0.3, 0.4) is 0 Å². The first-order valence-corrected chi connectivity index (χ1v) is 7.31. The Morgan fingerprint density at radius 3 is 2.00 bits per heavy atom. The first-order valence-electron chi connectivity index (χ1n) is 5.83. The SMILES string of the molecule is Cc1cc(C)c(S(=O)(=O)NCC(C)(C)O)c(C)c1. The first kappa shape index (κ1) is 15.1. The molecule has 0 saturated heterocycles. The van der Waals surface area contributed by atoms with Gasteiger partial charge >= 0.3 is 0 Å². The molecule has 0 spiro atoms. The summed E-state index contributed by atoms with van der Waals surface area (Å²) >= 11 is 0. The first-order chi connectivity index (χ1) is 8.03. The molecule has 0 unspecified atom stereocenters. The number of aryl methyl sites for hydroxylation is 3. The van der Waals surface area contributed by atoms with E-state index in [4.69, 9.17) is 0 Å². The van der Waals surface area contributed by atoms with Crippen molar-refractivity contribution in [1.29, 1.82) is 0 Å². The van der Waals surface area contributed by atoms with Crippen molar-refractivity contribution in [2.24, 2.45) is 0 Å². The average molecular weight is 271 g/mol. The lowest BCUT2D eigenvalue weighted by Gasteiger charge is -2.19. The summed E-state index contributed by atoms with van der Waals surface area (Å²) in [6, 6.07) is 3.68. The minimum atomic E-state index is -3.58. The van der Waals surface area contributed by atoms with Gasteiger partial charge in [-0.25, -0.2) is 13.1 Å². The Bertz CT molecular complexity index is 519. The molecule has 1 rings (SSSR count). The fraction of sp³-hybridized carbons (Fsp3) is 0.538. The van der Waals surface area contributed by atoms with Crippen LogP contribution in [0.25, 0.3) is 0 Å². The molecule has 0 radical (unpaired) electrons. The van der Waals surface area contributed by atoms with Crippen molar-refractivity contribution in [2.75, 3.05) is 6.54 Å². The van der Waals surface area contributed by atoms with Gasteiger partial charge in [-0.2, -0.15) is 0 Å². The van der Waals surface area contributed by atoms with Gasteiger partial charge in [-0.05, 0) is 45.7 Å². The van der Waals surface area contributed by atoms with Crippen molar-refractivity contribution in [2.45, 2.75) is 45.1 Å². The standard InChI is InChI=1S/C13H21NO3S/c1-9-6-10(2)12(11(3)7-9)18(16,17)14-8-13(4,5)15/h6-7,14-15H,8H2,1-5H3. The van der Waals surface area contributed by atoms with Gasteiger partial charge in [-0.3, -0.25) is 0 Å². The van der Waals surface area contributed by atoms with Crippen molar-refractivity contribution in [3.8, 4) is 0 Å². The summed E-state index contributed by atoms with van der Waals surface area (Å²) in [5, 5.41) is 9.58. The third kappa shape index (κ3) is 3.80. The number of benzene rings is 1. The van der Waals surface area contributed by atoms with Gasteiger partial charge in [0.1, 0.15) is 0 Å². The Morgan fingerprint density at radius 2 is 1.61 bits per heavy atom. The topological polar surface area (TPSA) is 66.4 Å². The maximum atomic E-state index is 12.2. The van der Waals surface area contributed by atoms with Crippen LogP contribution in [0.2, 0.25) is 0 Å². The van der Waals surface area contributed by atoms with Crippen LogP contribution in [-0.2, 0) is 10.0 Å². The van der Waals surface area contributed by atoms with E-state index in [1.165, 1.54) is 0 Å². The van der Waals surface area contributed by atoms with Crippen molar-refractivity contribution < 1.29 is 13.5 Å². The summed E-state index contributed by atoms with van der Waals surface area (Å²) in [6.45, 7) is 8.59. The minimum absolute atomic E-state index is 0.0118. The van der Waals surface area contributed by atoms with Crippen LogP contribution >= 0.6 is 0 Å². The molecular weight excluding hydrogens is 250 g/mol. The van der Waals surface area contributed by atoms with E-state index in [0.717, 1.165) is 16.7 Å².